The van der Waals surface area contributed by atoms with Crippen LogP contribution in [-0.2, 0) is 43.3 Å². The summed E-state index contributed by atoms with van der Waals surface area (Å²) in [4.78, 5) is 7.95. The predicted octanol–water partition coefficient (Wildman–Crippen LogP) is 21.3. The molecule has 0 atom stereocenters. The Morgan fingerprint density at radius 3 is 1.36 bits per heavy atom. The van der Waals surface area contributed by atoms with Gasteiger partial charge in [-0.15, -0.1) is 0 Å². The molecule has 0 bridgehead atoms. The van der Waals surface area contributed by atoms with Gasteiger partial charge in [0.05, 0.1) is 5.69 Å². The third-order valence-electron chi connectivity index (χ3n) is 21.1. The fourth-order valence-corrected chi connectivity index (χ4v) is 15.4. The summed E-state index contributed by atoms with van der Waals surface area (Å²) in [6.07, 6.45) is 4.62. The Morgan fingerprint density at radius 1 is 0.395 bits per heavy atom. The van der Waals surface area contributed by atoms with Gasteiger partial charge in [0.25, 0.3) is 6.71 Å². The minimum atomic E-state index is -0.328. The van der Waals surface area contributed by atoms with Gasteiger partial charge in [-0.3, -0.25) is 0 Å². The van der Waals surface area contributed by atoms with Crippen LogP contribution in [-0.4, -0.2) is 6.71 Å². The van der Waals surface area contributed by atoms with Gasteiger partial charge in [0.1, 0.15) is 11.2 Å². The molecular formula is C81H94BN3O. The second-order valence-electron chi connectivity index (χ2n) is 33.3. The number of aryl methyl sites for hydroxylation is 1. The molecule has 13 rings (SSSR count). The fraction of sp³-hybridized carbons (Fsp3) is 0.407. The summed E-state index contributed by atoms with van der Waals surface area (Å²) in [6.45, 7) is 50.4. The number of rotatable bonds is 5. The number of hydrogen-bond acceptors (Lipinski definition) is 4. The van der Waals surface area contributed by atoms with Crippen LogP contribution in [0.3, 0.4) is 0 Å². The quantitative estimate of drug-likeness (QED) is 0.160. The summed E-state index contributed by atoms with van der Waals surface area (Å²) in [6, 6.07) is 55.4. The Kier molecular flexibility index (Phi) is 12.8. The second-order valence-corrected chi connectivity index (χ2v) is 33.3. The molecule has 8 aromatic carbocycles. The van der Waals surface area contributed by atoms with Crippen molar-refractivity contribution in [3.63, 3.8) is 0 Å². The molecule has 0 radical (unpaired) electrons. The van der Waals surface area contributed by atoms with E-state index in [1.165, 1.54) is 101 Å². The Labute approximate surface area is 516 Å². The second kappa shape index (κ2) is 19.0. The van der Waals surface area contributed by atoms with E-state index in [9.17, 15) is 0 Å². The lowest BCUT2D eigenvalue weighted by Gasteiger charge is -2.49. The van der Waals surface area contributed by atoms with Crippen LogP contribution >= 0.6 is 0 Å². The van der Waals surface area contributed by atoms with Gasteiger partial charge in [-0.25, -0.2) is 0 Å². The average molecular weight is 1140 g/mol. The van der Waals surface area contributed by atoms with Crippen molar-refractivity contribution in [2.75, 3.05) is 14.7 Å². The summed E-state index contributed by atoms with van der Waals surface area (Å²) < 4.78 is 7.17. The van der Waals surface area contributed by atoms with Gasteiger partial charge in [0.2, 0.25) is 0 Å². The van der Waals surface area contributed by atoms with E-state index in [1.54, 1.807) is 0 Å². The molecule has 9 aromatic rings. The van der Waals surface area contributed by atoms with Crippen molar-refractivity contribution in [3.8, 4) is 0 Å². The van der Waals surface area contributed by atoms with Crippen molar-refractivity contribution in [1.29, 1.82) is 0 Å². The monoisotopic (exact) mass is 1140 g/mol. The van der Waals surface area contributed by atoms with E-state index in [2.05, 4.69) is 300 Å². The van der Waals surface area contributed by atoms with Crippen molar-refractivity contribution in [2.24, 2.45) is 0 Å². The average Bonchev–Trinajstić information content (AvgIpc) is 0.703. The normalized spacial score (nSPS) is 17.5. The van der Waals surface area contributed by atoms with Crippen molar-refractivity contribution in [1.82, 2.24) is 0 Å². The molecule has 0 saturated heterocycles. The van der Waals surface area contributed by atoms with E-state index in [0.717, 1.165) is 64.0 Å². The third kappa shape index (κ3) is 9.20. The number of furan rings is 1. The van der Waals surface area contributed by atoms with Crippen LogP contribution in [0.4, 0.5) is 51.2 Å². The summed E-state index contributed by atoms with van der Waals surface area (Å²) in [5.41, 5.74) is 28.7. The highest BCUT2D eigenvalue weighted by Crippen LogP contribution is 2.56. The van der Waals surface area contributed by atoms with Gasteiger partial charge in [0, 0.05) is 61.8 Å². The zero-order chi connectivity index (χ0) is 61.5. The van der Waals surface area contributed by atoms with E-state index in [4.69, 9.17) is 4.42 Å². The maximum Gasteiger partial charge on any atom is 0.252 e. The van der Waals surface area contributed by atoms with E-state index in [-0.39, 0.29) is 50.0 Å². The SMILES string of the molecule is Cc1cc2c(cc1N1c3cc4c(cc3B3c5ccc(N(c6ccc(C(C)(C)C)cc6)c6ccc(C(C)(C)C)cc6)cc5N(c5ccc6c(oc7ccccc76)c5C(C)(C)C)c5cc(C(C)(C)C)cc1c53)C(C)(C)CCC4(C)C)C(C)(C)CCC2(C)C. The van der Waals surface area contributed by atoms with Crippen LogP contribution < -0.4 is 31.1 Å². The fourth-order valence-electron chi connectivity index (χ4n) is 15.4. The molecule has 1 aromatic heterocycles. The van der Waals surface area contributed by atoms with Gasteiger partial charge < -0.3 is 19.1 Å². The van der Waals surface area contributed by atoms with E-state index in [1.807, 2.05) is 0 Å². The molecule has 0 fully saturated rings. The van der Waals surface area contributed by atoms with Crippen LogP contribution in [0, 0.1) is 6.92 Å². The summed E-state index contributed by atoms with van der Waals surface area (Å²) >= 11 is 0. The van der Waals surface area contributed by atoms with Crippen LogP contribution in [0.15, 0.2) is 144 Å². The number of anilines is 9. The predicted molar refractivity (Wildman–Crippen MR) is 373 cm³/mol. The first-order chi connectivity index (χ1) is 40.0. The molecule has 0 spiro atoms. The molecule has 0 saturated carbocycles. The maximum atomic E-state index is 7.17. The minimum absolute atomic E-state index is 0.00435. The molecule has 4 nitrogen and oxygen atoms in total. The number of para-hydroxylation sites is 1. The van der Waals surface area contributed by atoms with Gasteiger partial charge in [-0.05, 0) is 216 Å². The molecule has 2 aliphatic heterocycles. The van der Waals surface area contributed by atoms with E-state index < -0.39 is 0 Å². The lowest BCUT2D eigenvalue weighted by Crippen LogP contribution is -2.62. The van der Waals surface area contributed by atoms with Crippen LogP contribution in [0.2, 0.25) is 0 Å². The number of nitrogens with zero attached hydrogens (tertiary/aromatic N) is 3. The van der Waals surface area contributed by atoms with Gasteiger partial charge in [0.15, 0.2) is 0 Å². The zero-order valence-corrected chi connectivity index (χ0v) is 55.9. The first kappa shape index (κ1) is 58.1. The van der Waals surface area contributed by atoms with E-state index in [0.29, 0.717) is 0 Å². The molecule has 86 heavy (non-hydrogen) atoms. The molecule has 3 heterocycles. The van der Waals surface area contributed by atoms with Crippen molar-refractivity contribution < 1.29 is 4.42 Å². The summed E-state index contributed by atoms with van der Waals surface area (Å²) in [7, 11) is 0. The minimum Gasteiger partial charge on any atom is -0.456 e. The lowest BCUT2D eigenvalue weighted by molar-refractivity contribution is 0.331. The topological polar surface area (TPSA) is 22.9 Å². The maximum absolute atomic E-state index is 7.17. The highest BCUT2D eigenvalue weighted by Gasteiger charge is 2.49. The summed E-state index contributed by atoms with van der Waals surface area (Å²) in [5.74, 6) is 0. The largest absolute Gasteiger partial charge is 0.456 e. The third-order valence-corrected chi connectivity index (χ3v) is 21.1. The Hall–Kier alpha value is -6.98. The molecular weight excluding hydrogens is 1040 g/mol. The smallest absolute Gasteiger partial charge is 0.252 e. The van der Waals surface area contributed by atoms with Crippen LogP contribution in [0.5, 0.6) is 0 Å². The highest BCUT2D eigenvalue weighted by atomic mass is 16.3. The van der Waals surface area contributed by atoms with Crippen LogP contribution in [0.1, 0.15) is 214 Å². The number of hydrogen-bond donors (Lipinski definition) is 0. The molecule has 4 aliphatic rings. The molecule has 442 valence electrons. The van der Waals surface area contributed by atoms with Gasteiger partial charge >= 0.3 is 0 Å². The molecule has 2 aliphatic carbocycles. The number of fused-ring (bicyclic) bond motifs is 9. The molecule has 0 N–H and O–H groups in total. The first-order valence-electron chi connectivity index (χ1n) is 32.3. The summed E-state index contributed by atoms with van der Waals surface area (Å²) in [5, 5.41) is 2.30. The zero-order valence-electron chi connectivity index (χ0n) is 55.9. The molecule has 5 heteroatoms. The van der Waals surface area contributed by atoms with Crippen molar-refractivity contribution in [3.05, 3.63) is 190 Å². The standard InChI is InChI=1S/C81H94BN3O/c1-49-42-58-60(80(18,19)40-38-78(58,14)15)47-65(49)85-67-48-61-59(79(16,17)39-41-81(61,20)21)46-63(67)82-62-36-34-55(83(53-30-26-50(27-31-53)74(2,3)4)54-32-28-51(29-33-54)75(5,6)7)45-66(62)84(68-43-52(76(8,9)10)44-69(85)72(68)82)64-37-35-57-56-24-22-23-25-70(56)86-73(57)71(64)77(11,12)13/h22-37,42-48H,38-41H2,1-21H3. The Balaban J connectivity index is 1.18. The molecule has 0 amide bonds. The van der Waals surface area contributed by atoms with Crippen molar-refractivity contribution >= 4 is 96.2 Å². The van der Waals surface area contributed by atoms with Crippen molar-refractivity contribution in [2.45, 2.75) is 214 Å². The highest BCUT2D eigenvalue weighted by molar-refractivity contribution is 7.00. The van der Waals surface area contributed by atoms with Gasteiger partial charge in [-0.1, -0.05) is 199 Å². The van der Waals surface area contributed by atoms with E-state index >= 15 is 0 Å². The lowest BCUT2D eigenvalue weighted by atomic mass is 9.33. The molecule has 0 unspecified atom stereocenters. The Bertz CT molecular complexity index is 4170. The van der Waals surface area contributed by atoms with Crippen LogP contribution in [0.25, 0.3) is 21.9 Å². The number of benzene rings is 8. The van der Waals surface area contributed by atoms with Gasteiger partial charge in [-0.2, -0.15) is 0 Å². The first-order valence-corrected chi connectivity index (χ1v) is 32.3. The Morgan fingerprint density at radius 2 is 0.849 bits per heavy atom.